The van der Waals surface area contributed by atoms with Gasteiger partial charge in [0.15, 0.2) is 12.7 Å². The second-order valence-electron chi connectivity index (χ2n) is 8.13. The van der Waals surface area contributed by atoms with E-state index in [1.807, 2.05) is 42.6 Å². The molecule has 0 aliphatic heterocycles. The smallest absolute Gasteiger partial charge is 0.247 e. The van der Waals surface area contributed by atoms with Gasteiger partial charge >= 0.3 is 0 Å². The molecule has 3 aromatic carbocycles. The number of anilines is 1. The summed E-state index contributed by atoms with van der Waals surface area (Å²) < 4.78 is 2.06. The van der Waals surface area contributed by atoms with Gasteiger partial charge in [-0.2, -0.15) is 4.57 Å². The lowest BCUT2D eigenvalue weighted by Crippen LogP contribution is -2.36. The first-order valence-electron chi connectivity index (χ1n) is 11.1. The quantitative estimate of drug-likeness (QED) is 0.116. The lowest BCUT2D eigenvalue weighted by atomic mass is 10.00. The Balaban J connectivity index is 1.51. The van der Waals surface area contributed by atoms with Crippen LogP contribution in [0, 0.1) is 0 Å². The molecule has 0 radical (unpaired) electrons. The number of carbonyl (C=O) groups excluding carboxylic acids is 3. The van der Waals surface area contributed by atoms with E-state index in [0.29, 0.717) is 23.4 Å². The summed E-state index contributed by atoms with van der Waals surface area (Å²) in [7, 11) is 0. The summed E-state index contributed by atoms with van der Waals surface area (Å²) in [6.45, 7) is 0.464. The monoisotopic (exact) mass is 473 g/mol. The molecule has 35 heavy (non-hydrogen) atoms. The van der Waals surface area contributed by atoms with E-state index in [1.165, 1.54) is 0 Å². The van der Waals surface area contributed by atoms with E-state index >= 15 is 0 Å². The Morgan fingerprint density at radius 3 is 2.14 bits per heavy atom. The van der Waals surface area contributed by atoms with Crippen LogP contribution in [0.25, 0.3) is 21.7 Å². The molecule has 0 spiro atoms. The summed E-state index contributed by atoms with van der Waals surface area (Å²) in [6.07, 6.45) is 1.89. The Kier molecular flexibility index (Phi) is 7.30. The summed E-state index contributed by atoms with van der Waals surface area (Å²) in [4.78, 5) is 36.0. The van der Waals surface area contributed by atoms with Gasteiger partial charge in [-0.15, -0.1) is 0 Å². The molecule has 9 nitrogen and oxygen atoms in total. The zero-order valence-corrected chi connectivity index (χ0v) is 18.8. The molecule has 0 aliphatic rings. The van der Waals surface area contributed by atoms with Gasteiger partial charge in [0, 0.05) is 22.5 Å². The van der Waals surface area contributed by atoms with E-state index in [-0.39, 0.29) is 25.2 Å². The number of hydrogen-bond donors (Lipinski definition) is 5. The summed E-state index contributed by atoms with van der Waals surface area (Å²) in [5.74, 6) is -1.53. The molecule has 4 aromatic rings. The van der Waals surface area contributed by atoms with Crippen molar-refractivity contribution in [1.29, 1.82) is 0 Å². The van der Waals surface area contributed by atoms with Crippen LogP contribution in [0.4, 0.5) is 5.69 Å². The number of aryl methyl sites for hydroxylation is 1. The Bertz CT molecular complexity index is 1420. The van der Waals surface area contributed by atoms with Crippen LogP contribution in [-0.4, -0.2) is 28.1 Å². The Labute approximate surface area is 200 Å². The first-order chi connectivity index (χ1) is 17.0. The second-order valence-corrected chi connectivity index (χ2v) is 8.13. The molecule has 9 heteroatoms. The molecule has 178 valence electrons. The number of hydroxylamine groups is 2. The number of aromatic nitrogens is 1. The van der Waals surface area contributed by atoms with Gasteiger partial charge in [0.1, 0.15) is 0 Å². The molecule has 0 saturated carbocycles. The predicted octanol–water partition coefficient (Wildman–Crippen LogP) is 2.41. The van der Waals surface area contributed by atoms with Crippen molar-refractivity contribution in [3.8, 4) is 0 Å². The zero-order valence-electron chi connectivity index (χ0n) is 18.8. The van der Waals surface area contributed by atoms with Crippen LogP contribution >= 0.6 is 0 Å². The Hall–Kier alpha value is -4.34. The van der Waals surface area contributed by atoms with E-state index in [1.54, 1.807) is 29.2 Å². The number of para-hydroxylation sites is 1. The van der Waals surface area contributed by atoms with Crippen molar-refractivity contribution in [2.75, 3.05) is 5.32 Å². The number of carbonyl (C=O) groups is 3. The van der Waals surface area contributed by atoms with E-state index in [9.17, 15) is 14.4 Å². The highest BCUT2D eigenvalue weighted by Crippen LogP contribution is 2.22. The molecule has 0 unspecified atom stereocenters. The SMILES string of the molecule is O=C(Cc1ccc(NC(=O)CC[n+]2cc3ccccc3c3ccccc32)cc1CC(=O)NO)NO. The average Bonchev–Trinajstić information content (AvgIpc) is 2.88. The fourth-order valence-electron chi connectivity index (χ4n) is 4.14. The minimum Gasteiger partial charge on any atom is -0.326 e. The highest BCUT2D eigenvalue weighted by molar-refractivity contribution is 6.03. The number of hydrogen-bond acceptors (Lipinski definition) is 5. The largest absolute Gasteiger partial charge is 0.326 e. The highest BCUT2D eigenvalue weighted by atomic mass is 16.5. The number of benzene rings is 3. The fourth-order valence-corrected chi connectivity index (χ4v) is 4.14. The van der Waals surface area contributed by atoms with E-state index in [0.717, 1.165) is 21.7 Å². The van der Waals surface area contributed by atoms with Crippen molar-refractivity contribution in [3.05, 3.63) is 84.1 Å². The van der Waals surface area contributed by atoms with Gasteiger partial charge in [-0.25, -0.2) is 11.0 Å². The van der Waals surface area contributed by atoms with Gasteiger partial charge in [0.2, 0.25) is 23.2 Å². The van der Waals surface area contributed by atoms with Gasteiger partial charge in [0.25, 0.3) is 0 Å². The Morgan fingerprint density at radius 1 is 0.743 bits per heavy atom. The van der Waals surface area contributed by atoms with E-state index in [2.05, 4.69) is 22.0 Å². The van der Waals surface area contributed by atoms with Crippen molar-refractivity contribution in [3.63, 3.8) is 0 Å². The fraction of sp³-hybridized carbons (Fsp3) is 0.154. The molecule has 4 rings (SSSR count). The third-order valence-corrected chi connectivity index (χ3v) is 5.78. The maximum Gasteiger partial charge on any atom is 0.247 e. The molecule has 1 heterocycles. The molecule has 0 atom stereocenters. The van der Waals surface area contributed by atoms with Crippen molar-refractivity contribution < 1.29 is 29.4 Å². The van der Waals surface area contributed by atoms with Gasteiger partial charge < -0.3 is 5.32 Å². The number of pyridine rings is 1. The average molecular weight is 474 g/mol. The minimum absolute atomic E-state index is 0.162. The molecule has 0 bridgehead atoms. The third kappa shape index (κ3) is 5.60. The maximum absolute atomic E-state index is 12.7. The summed E-state index contributed by atoms with van der Waals surface area (Å²) in [5, 5.41) is 23.8. The van der Waals surface area contributed by atoms with Crippen molar-refractivity contribution in [2.24, 2.45) is 0 Å². The van der Waals surface area contributed by atoms with Crippen molar-refractivity contribution in [1.82, 2.24) is 11.0 Å². The predicted molar refractivity (Wildman–Crippen MR) is 129 cm³/mol. The van der Waals surface area contributed by atoms with Crippen molar-refractivity contribution in [2.45, 2.75) is 25.8 Å². The topological polar surface area (TPSA) is 132 Å². The van der Waals surface area contributed by atoms with Crippen molar-refractivity contribution >= 4 is 45.1 Å². The molecule has 0 saturated heterocycles. The number of nitrogens with zero attached hydrogens (tertiary/aromatic N) is 1. The molecular weight excluding hydrogens is 448 g/mol. The molecular formula is C26H25N4O5+. The number of rotatable bonds is 8. The first kappa shape index (κ1) is 23.8. The van der Waals surface area contributed by atoms with Crippen LogP contribution in [-0.2, 0) is 33.8 Å². The standard InChI is InChI=1S/C26H24N4O5/c31-24(27-20-10-9-17(14-25(32)28-34)19(13-20)15-26(33)29-35)11-12-30-16-18-5-1-2-6-21(18)22-7-3-4-8-23(22)30/h1-10,13,16H,11-12,14-15H2,(H4-,27,28,29,31,32,33,34,35)/p+1. The third-order valence-electron chi connectivity index (χ3n) is 5.78. The summed E-state index contributed by atoms with van der Waals surface area (Å²) in [5.41, 5.74) is 5.51. The Morgan fingerprint density at radius 2 is 1.40 bits per heavy atom. The highest BCUT2D eigenvalue weighted by Gasteiger charge is 2.16. The van der Waals surface area contributed by atoms with Crippen LogP contribution < -0.4 is 20.8 Å². The van der Waals surface area contributed by atoms with Crippen LogP contribution in [0.1, 0.15) is 17.5 Å². The van der Waals surface area contributed by atoms with Gasteiger partial charge in [-0.3, -0.25) is 24.8 Å². The summed E-state index contributed by atoms with van der Waals surface area (Å²) >= 11 is 0. The van der Waals surface area contributed by atoms with Crippen LogP contribution in [0.2, 0.25) is 0 Å². The van der Waals surface area contributed by atoms with Gasteiger partial charge in [0.05, 0.1) is 24.6 Å². The number of nitrogens with one attached hydrogen (secondary N) is 3. The van der Waals surface area contributed by atoms with E-state index in [4.69, 9.17) is 10.4 Å². The van der Waals surface area contributed by atoms with Gasteiger partial charge in [-0.05, 0) is 35.4 Å². The summed E-state index contributed by atoms with van der Waals surface area (Å²) in [6, 6.07) is 21.0. The van der Waals surface area contributed by atoms with Crippen LogP contribution in [0.3, 0.4) is 0 Å². The normalized spacial score (nSPS) is 10.8. The zero-order chi connectivity index (χ0) is 24.8. The number of fused-ring (bicyclic) bond motifs is 3. The second kappa shape index (κ2) is 10.7. The van der Waals surface area contributed by atoms with E-state index < -0.39 is 11.8 Å². The molecule has 5 N–H and O–H groups in total. The van der Waals surface area contributed by atoms with Gasteiger partial charge in [-0.1, -0.05) is 36.4 Å². The van der Waals surface area contributed by atoms with Crippen LogP contribution in [0.15, 0.2) is 72.9 Å². The lowest BCUT2D eigenvalue weighted by Gasteiger charge is -2.12. The van der Waals surface area contributed by atoms with Crippen LogP contribution in [0.5, 0.6) is 0 Å². The molecule has 0 aliphatic carbocycles. The lowest BCUT2D eigenvalue weighted by molar-refractivity contribution is -0.668. The number of amides is 3. The molecule has 1 aromatic heterocycles. The maximum atomic E-state index is 12.7. The molecule has 0 fully saturated rings. The first-order valence-corrected chi connectivity index (χ1v) is 11.1. The minimum atomic E-state index is -0.668. The molecule has 3 amide bonds.